The molecule has 0 bridgehead atoms. The number of halogens is 4. The molecule has 0 aliphatic carbocycles. The number of amides is 3. The zero-order chi connectivity index (χ0) is 18.9. The van der Waals surface area contributed by atoms with Crippen molar-refractivity contribution in [1.82, 2.24) is 9.80 Å². The second kappa shape index (κ2) is 7.69. The topological polar surface area (TPSA) is 56.2 Å². The summed E-state index contributed by atoms with van der Waals surface area (Å²) in [5.41, 5.74) is -0.0397. The van der Waals surface area contributed by atoms with Gasteiger partial charge in [0.05, 0.1) is 11.6 Å². The van der Waals surface area contributed by atoms with Gasteiger partial charge in [-0.25, -0.2) is 19.1 Å². The molecule has 1 heterocycles. The van der Waals surface area contributed by atoms with Crippen molar-refractivity contribution >= 4 is 66.9 Å². The molecule has 0 N–H and O–H groups in total. The fourth-order valence-electron chi connectivity index (χ4n) is 2.31. The Morgan fingerprint density at radius 3 is 2.44 bits per heavy atom. The van der Waals surface area contributed by atoms with Gasteiger partial charge in [0.25, 0.3) is 5.91 Å². The Hall–Kier alpha value is -1.03. The Labute approximate surface area is 166 Å². The van der Waals surface area contributed by atoms with E-state index in [2.05, 4.69) is 36.9 Å². The number of hydrogen-bond donors (Lipinski definition) is 0. The van der Waals surface area contributed by atoms with E-state index in [1.165, 1.54) is 25.2 Å². The van der Waals surface area contributed by atoms with Crippen LogP contribution in [0.4, 0.5) is 14.9 Å². The van der Waals surface area contributed by atoms with Crippen molar-refractivity contribution in [2.75, 3.05) is 31.9 Å². The number of imide groups is 1. The lowest BCUT2D eigenvalue weighted by Gasteiger charge is -2.31. The van der Waals surface area contributed by atoms with E-state index in [9.17, 15) is 14.0 Å². The van der Waals surface area contributed by atoms with Crippen molar-refractivity contribution in [3.8, 4) is 0 Å². The van der Waals surface area contributed by atoms with Gasteiger partial charge in [-0.15, -0.1) is 11.6 Å². The lowest BCUT2D eigenvalue weighted by Crippen LogP contribution is -2.44. The molecule has 25 heavy (non-hydrogen) atoms. The molecule has 6 nitrogen and oxygen atoms in total. The minimum absolute atomic E-state index is 0.0397. The van der Waals surface area contributed by atoms with Crippen molar-refractivity contribution in [3.05, 3.63) is 30.1 Å². The molecule has 0 saturated carbocycles. The fourth-order valence-corrected chi connectivity index (χ4v) is 3.47. The molecule has 136 valence electrons. The Balaban J connectivity index is 2.60. The third-order valence-corrected chi connectivity index (χ3v) is 6.02. The summed E-state index contributed by atoms with van der Waals surface area (Å²) < 4.78 is 13.4. The molecule has 2 rings (SSSR count). The molecule has 0 aromatic heterocycles. The average Bonchev–Trinajstić information content (AvgIpc) is 2.76. The maximum atomic E-state index is 14.2. The summed E-state index contributed by atoms with van der Waals surface area (Å²) in [5.74, 6) is -1.30. The molecule has 1 saturated heterocycles. The largest absolute Gasteiger partial charge is 0.337 e. The number of rotatable bonds is 5. The van der Waals surface area contributed by atoms with Crippen LogP contribution in [-0.2, 0) is 4.79 Å². The smallest absolute Gasteiger partial charge is 0.286 e. The van der Waals surface area contributed by atoms with Crippen LogP contribution in [0.15, 0.2) is 29.3 Å². The van der Waals surface area contributed by atoms with Crippen LogP contribution in [0.1, 0.15) is 0 Å². The number of aliphatic imine (C=N–C) groups is 1. The zero-order valence-electron chi connectivity index (χ0n) is 13.7. The van der Waals surface area contributed by atoms with Gasteiger partial charge < -0.3 is 0 Å². The molecular formula is C15H16Br2ClFN4O2. The van der Waals surface area contributed by atoms with Gasteiger partial charge in [0.2, 0.25) is 5.84 Å². The first-order valence-electron chi connectivity index (χ1n) is 7.16. The van der Waals surface area contributed by atoms with Crippen molar-refractivity contribution in [2.24, 2.45) is 4.99 Å². The number of anilines is 1. The number of urea groups is 1. The maximum Gasteiger partial charge on any atom is 0.337 e. The number of carbonyl (C=O) groups is 2. The van der Waals surface area contributed by atoms with Gasteiger partial charge in [0, 0.05) is 7.05 Å². The Bertz CT molecular complexity index is 729. The van der Waals surface area contributed by atoms with Gasteiger partial charge in [0.1, 0.15) is 15.2 Å². The highest BCUT2D eigenvalue weighted by Crippen LogP contribution is 2.35. The quantitative estimate of drug-likeness (QED) is 0.463. The van der Waals surface area contributed by atoms with Gasteiger partial charge >= 0.3 is 6.03 Å². The van der Waals surface area contributed by atoms with Crippen molar-refractivity contribution in [2.45, 2.75) is 9.40 Å². The summed E-state index contributed by atoms with van der Waals surface area (Å²) in [7, 11) is 4.82. The van der Waals surface area contributed by atoms with E-state index in [1.54, 1.807) is 25.1 Å². The van der Waals surface area contributed by atoms with E-state index < -0.39 is 27.2 Å². The fraction of sp³-hybridized carbons (Fsp3) is 0.400. The number of nitrogens with zero attached hydrogens (tertiary/aromatic N) is 4. The summed E-state index contributed by atoms with van der Waals surface area (Å²) in [6, 6.07) is 5.03. The van der Waals surface area contributed by atoms with Crippen LogP contribution in [-0.4, -0.2) is 64.0 Å². The summed E-state index contributed by atoms with van der Waals surface area (Å²) >= 11 is 12.8. The summed E-state index contributed by atoms with van der Waals surface area (Å²) in [5, 5.41) is 0. The summed E-state index contributed by atoms with van der Waals surface area (Å²) in [6.07, 6.45) is -0.641. The SMILES string of the molecule is CN1C(=O)/C(=N/C(N(C)C)C(Br)(Br)CCl)N(c2ccccc2F)C1=O. The van der Waals surface area contributed by atoms with Crippen LogP contribution in [0.5, 0.6) is 0 Å². The molecule has 1 aromatic rings. The minimum atomic E-state index is -0.844. The van der Waals surface area contributed by atoms with Crippen molar-refractivity contribution in [1.29, 1.82) is 0 Å². The van der Waals surface area contributed by atoms with Crippen LogP contribution in [0.2, 0.25) is 0 Å². The molecule has 1 atom stereocenters. The normalized spacial score (nSPS) is 18.6. The Morgan fingerprint density at radius 2 is 1.92 bits per heavy atom. The first kappa shape index (κ1) is 20.3. The number of amidine groups is 1. The summed E-state index contributed by atoms with van der Waals surface area (Å²) in [4.78, 5) is 33.0. The predicted molar refractivity (Wildman–Crippen MR) is 103 cm³/mol. The number of carbonyl (C=O) groups excluding carboxylic acids is 2. The van der Waals surface area contributed by atoms with E-state index in [0.717, 1.165) is 9.80 Å². The molecule has 1 unspecified atom stereocenters. The van der Waals surface area contributed by atoms with Crippen LogP contribution in [0.25, 0.3) is 0 Å². The van der Waals surface area contributed by atoms with E-state index in [1.807, 2.05) is 0 Å². The second-order valence-corrected chi connectivity index (χ2v) is 9.78. The number of benzene rings is 1. The molecule has 3 amide bonds. The molecule has 1 fully saturated rings. The lowest BCUT2D eigenvalue weighted by molar-refractivity contribution is -0.119. The number of likely N-dealkylation sites (N-methyl/N-ethyl adjacent to an activating group) is 1. The van der Waals surface area contributed by atoms with E-state index in [0.29, 0.717) is 0 Å². The Kier molecular flexibility index (Phi) is 6.24. The average molecular weight is 499 g/mol. The van der Waals surface area contributed by atoms with Crippen LogP contribution in [0.3, 0.4) is 0 Å². The number of alkyl halides is 3. The standard InChI is InChI=1S/C15H16Br2ClFN4O2/c1-21(2)13(15(16,17)8-18)20-11-12(24)22(3)14(25)23(11)10-7-5-4-6-9(10)19/h4-7,13H,8H2,1-3H3/b20-11-. The highest BCUT2D eigenvalue weighted by Gasteiger charge is 2.44. The van der Waals surface area contributed by atoms with Gasteiger partial charge in [-0.1, -0.05) is 44.0 Å². The Morgan fingerprint density at radius 1 is 1.32 bits per heavy atom. The van der Waals surface area contributed by atoms with Gasteiger partial charge in [-0.2, -0.15) is 0 Å². The molecule has 1 aliphatic heterocycles. The van der Waals surface area contributed by atoms with E-state index in [4.69, 9.17) is 11.6 Å². The molecule has 1 aliphatic rings. The van der Waals surface area contributed by atoms with Crippen LogP contribution >= 0.6 is 43.5 Å². The first-order chi connectivity index (χ1) is 11.6. The molecular weight excluding hydrogens is 482 g/mol. The lowest BCUT2D eigenvalue weighted by atomic mass is 10.2. The highest BCUT2D eigenvalue weighted by molar-refractivity contribution is 9.25. The molecule has 10 heteroatoms. The van der Waals surface area contributed by atoms with Crippen LogP contribution < -0.4 is 4.90 Å². The third kappa shape index (κ3) is 3.89. The maximum absolute atomic E-state index is 14.2. The van der Waals surface area contributed by atoms with Crippen molar-refractivity contribution in [3.63, 3.8) is 0 Å². The van der Waals surface area contributed by atoms with Gasteiger partial charge in [0.15, 0.2) is 0 Å². The molecule has 1 aromatic carbocycles. The predicted octanol–water partition coefficient (Wildman–Crippen LogP) is 3.24. The van der Waals surface area contributed by atoms with Gasteiger partial charge in [-0.3, -0.25) is 14.6 Å². The second-order valence-electron chi connectivity index (χ2n) is 5.62. The van der Waals surface area contributed by atoms with Crippen LogP contribution in [0, 0.1) is 5.82 Å². The zero-order valence-corrected chi connectivity index (χ0v) is 17.6. The van der Waals surface area contributed by atoms with Crippen molar-refractivity contribution < 1.29 is 14.0 Å². The van der Waals surface area contributed by atoms with E-state index >= 15 is 0 Å². The first-order valence-corrected chi connectivity index (χ1v) is 9.28. The van der Waals surface area contributed by atoms with Gasteiger partial charge in [-0.05, 0) is 26.2 Å². The monoisotopic (exact) mass is 496 g/mol. The molecule has 0 radical (unpaired) electrons. The number of hydrogen-bond acceptors (Lipinski definition) is 4. The van der Waals surface area contributed by atoms with E-state index in [-0.39, 0.29) is 17.4 Å². The number of para-hydroxylation sites is 1. The minimum Gasteiger partial charge on any atom is -0.286 e. The molecule has 0 spiro atoms. The third-order valence-electron chi connectivity index (χ3n) is 3.57. The summed E-state index contributed by atoms with van der Waals surface area (Å²) in [6.45, 7) is 0. The highest BCUT2D eigenvalue weighted by atomic mass is 79.9.